The van der Waals surface area contributed by atoms with Crippen LogP contribution in [0.1, 0.15) is 82.9 Å². The van der Waals surface area contributed by atoms with Crippen LogP contribution in [0.15, 0.2) is 260 Å². The maximum Gasteiger partial charge on any atom is 0.0714 e. The van der Waals surface area contributed by atoms with Gasteiger partial charge in [0, 0.05) is 22.5 Å². The third-order valence-corrected chi connectivity index (χ3v) is 13.3. The first-order chi connectivity index (χ1) is 44.8. The molecule has 1 nitrogen and oxygen atoms in total. The lowest BCUT2D eigenvalue weighted by atomic mass is 9.67. The average molecular weight is 906 g/mol. The maximum absolute atomic E-state index is 10.8. The molecular weight excluding hydrogens is 831 g/mol. The summed E-state index contributed by atoms with van der Waals surface area (Å²) in [7, 11) is 0. The van der Waals surface area contributed by atoms with Crippen molar-refractivity contribution in [3.63, 3.8) is 0 Å². The first-order valence-corrected chi connectivity index (χ1v) is 22.0. The van der Waals surface area contributed by atoms with Crippen LogP contribution in [0.25, 0.3) is 66.4 Å². The summed E-state index contributed by atoms with van der Waals surface area (Å²) in [6.45, 7) is 4.33. The SMILES string of the molecule is [2H]c1c([2H])c([2H])c(-c2c([2H])c([2H])c(N(c3ccc(-c4ccc5ccccc5c4-c4ccc5c(c4)C(C)(C)c4ccccc4-5)cc3)c3c([2H])c([2H])c4c(c3[2H])C(c3c([2H])c([2H])c([2H])c([2H])c3[2H])(c3c([2H])c([2H])c([2H])c([2H])c3[2H])c3c([2H])c([2H])c([2H])c([2H])c3-4)c([2H])c2[2H])c([2H])c1[2H]. The van der Waals surface area contributed by atoms with Crippen molar-refractivity contribution in [1.29, 1.82) is 0 Å². The Morgan fingerprint density at radius 2 is 0.942 bits per heavy atom. The number of anilines is 3. The highest BCUT2D eigenvalue weighted by Crippen LogP contribution is 2.57. The Morgan fingerprint density at radius 3 is 1.70 bits per heavy atom. The zero-order chi connectivity index (χ0) is 68.7. The molecule has 0 saturated carbocycles. The van der Waals surface area contributed by atoms with E-state index in [0.29, 0.717) is 11.1 Å². The molecule has 326 valence electrons. The van der Waals surface area contributed by atoms with Crippen molar-refractivity contribution in [3.8, 4) is 55.6 Å². The molecule has 11 aromatic rings. The van der Waals surface area contributed by atoms with Crippen molar-refractivity contribution in [3.05, 3.63) is 294 Å². The Bertz CT molecular complexity index is 5130. The van der Waals surface area contributed by atoms with Gasteiger partial charge in [0.15, 0.2) is 0 Å². The first-order valence-electron chi connectivity index (χ1n) is 35.0. The molecule has 0 atom stereocenters. The van der Waals surface area contributed by atoms with Crippen molar-refractivity contribution in [2.45, 2.75) is 24.7 Å². The van der Waals surface area contributed by atoms with Gasteiger partial charge < -0.3 is 4.90 Å². The summed E-state index contributed by atoms with van der Waals surface area (Å²) in [6, 6.07) is 5.82. The zero-order valence-corrected chi connectivity index (χ0v) is 36.8. The molecule has 1 heteroatoms. The standard InChI is InChI=1S/C68H49N/c1-67(2)62-28-16-14-26-58(62)60-42-35-50(44-64(60)67)66-56-25-13-12-20-48(56)34-41-57(66)49-32-38-54(39-33-49)69(53-36-30-47(31-37-53)46-18-6-3-7-19-46)55-40-43-61-59-27-15-17-29-63(59)68(65(61)45-55,51-21-8-4-9-22-51)52-23-10-5-11-24-52/h3-45H,1-2H3/i3D,4D,5D,6D,7D,8D,9D,10D,11D,15D,17D,18D,19D,21D,22D,23D,24D,27D,29D,30D,31D,36D,37D,40D,43D,45D. The second kappa shape index (κ2) is 16.1. The van der Waals surface area contributed by atoms with Gasteiger partial charge in [-0.25, -0.2) is 0 Å². The molecular formula is C68H49N. The van der Waals surface area contributed by atoms with Crippen LogP contribution in [0.5, 0.6) is 0 Å². The molecule has 2 aliphatic carbocycles. The molecule has 0 fully saturated rings. The van der Waals surface area contributed by atoms with E-state index in [1.165, 1.54) is 12.1 Å². The number of hydrogen-bond donors (Lipinski definition) is 0. The Kier molecular flexibility index (Phi) is 5.14. The molecule has 2 aliphatic rings. The summed E-state index contributed by atoms with van der Waals surface area (Å²) in [4.78, 5) is 0.882. The van der Waals surface area contributed by atoms with Crippen LogP contribution in [0.3, 0.4) is 0 Å². The fourth-order valence-electron chi connectivity index (χ4n) is 10.1. The number of hydrogen-bond acceptors (Lipinski definition) is 1. The van der Waals surface area contributed by atoms with E-state index in [0.717, 1.165) is 49.1 Å². The molecule has 0 N–H and O–H groups in total. The molecule has 0 heterocycles. The average Bonchev–Trinajstić information content (AvgIpc) is 1.52. The molecule has 0 spiro atoms. The van der Waals surface area contributed by atoms with Crippen LogP contribution in [-0.2, 0) is 10.8 Å². The van der Waals surface area contributed by atoms with Gasteiger partial charge in [-0.05, 0) is 142 Å². The van der Waals surface area contributed by atoms with Gasteiger partial charge in [-0.3, -0.25) is 0 Å². The topological polar surface area (TPSA) is 3.24 Å². The van der Waals surface area contributed by atoms with E-state index in [1.807, 2.05) is 54.6 Å². The fraction of sp³-hybridized carbons (Fsp3) is 0.0588. The van der Waals surface area contributed by atoms with E-state index < -0.39 is 224 Å². The minimum atomic E-state index is -3.26. The molecule has 69 heavy (non-hydrogen) atoms. The van der Waals surface area contributed by atoms with E-state index in [1.54, 1.807) is 12.1 Å². The lowest BCUT2D eigenvalue weighted by Crippen LogP contribution is -2.28. The van der Waals surface area contributed by atoms with Crippen molar-refractivity contribution in [2.24, 2.45) is 0 Å². The smallest absolute Gasteiger partial charge is 0.0714 e. The number of fused-ring (bicyclic) bond motifs is 7. The Balaban J connectivity index is 1.17. The minimum absolute atomic E-state index is 0.193. The second-order valence-corrected chi connectivity index (χ2v) is 17.2. The third kappa shape index (κ3) is 6.38. The summed E-state index contributed by atoms with van der Waals surface area (Å²) in [5.74, 6) is 0. The molecule has 0 unspecified atom stereocenters. The van der Waals surface area contributed by atoms with Gasteiger partial charge in [0.25, 0.3) is 0 Å². The maximum atomic E-state index is 10.8. The molecule has 0 amide bonds. The van der Waals surface area contributed by atoms with E-state index in [4.69, 9.17) is 17.8 Å². The molecule has 0 aromatic heterocycles. The highest BCUT2D eigenvalue weighted by atomic mass is 15.1. The zero-order valence-electron chi connectivity index (χ0n) is 62.8. The van der Waals surface area contributed by atoms with Crippen molar-refractivity contribution < 1.29 is 35.6 Å². The van der Waals surface area contributed by atoms with Crippen molar-refractivity contribution >= 4 is 27.8 Å². The fourth-order valence-corrected chi connectivity index (χ4v) is 10.1. The number of benzene rings is 11. The molecule has 0 bridgehead atoms. The van der Waals surface area contributed by atoms with Gasteiger partial charge in [-0.15, -0.1) is 0 Å². The minimum Gasteiger partial charge on any atom is -0.310 e. The normalized spacial score (nSPS) is 18.9. The van der Waals surface area contributed by atoms with Crippen LogP contribution in [0.4, 0.5) is 17.1 Å². The quantitative estimate of drug-likeness (QED) is 0.147. The molecule has 11 aromatic carbocycles. The van der Waals surface area contributed by atoms with Gasteiger partial charge in [0.05, 0.1) is 41.1 Å². The monoisotopic (exact) mass is 906 g/mol. The summed E-state index contributed by atoms with van der Waals surface area (Å²) in [6.07, 6.45) is 0. The predicted octanol–water partition coefficient (Wildman–Crippen LogP) is 18.0. The van der Waals surface area contributed by atoms with E-state index >= 15 is 0 Å². The van der Waals surface area contributed by atoms with Gasteiger partial charge in [-0.2, -0.15) is 0 Å². The largest absolute Gasteiger partial charge is 0.310 e. The third-order valence-electron chi connectivity index (χ3n) is 13.3. The van der Waals surface area contributed by atoms with Crippen LogP contribution in [0.2, 0.25) is 0 Å². The predicted molar refractivity (Wildman–Crippen MR) is 290 cm³/mol. The Morgan fingerprint density at radius 1 is 0.362 bits per heavy atom. The number of nitrogens with zero attached hydrogens (tertiary/aromatic N) is 1. The van der Waals surface area contributed by atoms with Gasteiger partial charge >= 0.3 is 0 Å². The van der Waals surface area contributed by atoms with E-state index in [2.05, 4.69) is 38.1 Å². The highest BCUT2D eigenvalue weighted by Gasteiger charge is 2.46. The van der Waals surface area contributed by atoms with E-state index in [-0.39, 0.29) is 5.69 Å². The molecule has 0 radical (unpaired) electrons. The van der Waals surface area contributed by atoms with Gasteiger partial charge in [0.1, 0.15) is 0 Å². The Labute approximate surface area is 441 Å². The molecule has 13 rings (SSSR count). The van der Waals surface area contributed by atoms with Crippen molar-refractivity contribution in [2.75, 3.05) is 4.90 Å². The first kappa shape index (κ1) is 22.1. The van der Waals surface area contributed by atoms with Crippen molar-refractivity contribution in [1.82, 2.24) is 0 Å². The Hall–Kier alpha value is -8.52. The molecule has 0 aliphatic heterocycles. The summed E-state index contributed by atoms with van der Waals surface area (Å²) < 4.78 is 243. The van der Waals surface area contributed by atoms with Gasteiger partial charge in [-0.1, -0.05) is 232 Å². The lowest BCUT2D eigenvalue weighted by molar-refractivity contribution is 0.660. The second-order valence-electron chi connectivity index (χ2n) is 17.2. The van der Waals surface area contributed by atoms with Crippen LogP contribution in [0, 0.1) is 0 Å². The number of rotatable bonds is 8. The van der Waals surface area contributed by atoms with Gasteiger partial charge in [0.2, 0.25) is 0 Å². The summed E-state index contributed by atoms with van der Waals surface area (Å²) >= 11 is 0. The van der Waals surface area contributed by atoms with E-state index in [9.17, 15) is 17.8 Å². The van der Waals surface area contributed by atoms with Crippen LogP contribution >= 0.6 is 0 Å². The van der Waals surface area contributed by atoms with Crippen LogP contribution < -0.4 is 4.90 Å². The molecule has 0 saturated heterocycles. The lowest BCUT2D eigenvalue weighted by Gasteiger charge is -2.35. The van der Waals surface area contributed by atoms with Crippen LogP contribution in [-0.4, -0.2) is 0 Å². The summed E-state index contributed by atoms with van der Waals surface area (Å²) in [5.41, 5.74) is -4.84. The highest BCUT2D eigenvalue weighted by molar-refractivity contribution is 6.05. The summed E-state index contributed by atoms with van der Waals surface area (Å²) in [5, 5.41) is 1.77.